The third kappa shape index (κ3) is 3.80. The molecule has 1 atom stereocenters. The Hall–Kier alpha value is -2.42. The molecule has 2 fully saturated rings. The number of ether oxygens (including phenoxy) is 1. The first kappa shape index (κ1) is 21.4. The van der Waals surface area contributed by atoms with Crippen LogP contribution in [-0.2, 0) is 21.1 Å². The number of fused-ring (bicyclic) bond motifs is 1. The van der Waals surface area contributed by atoms with E-state index in [1.54, 1.807) is 4.68 Å². The molecule has 7 nitrogen and oxygen atoms in total. The van der Waals surface area contributed by atoms with Gasteiger partial charge in [0.15, 0.2) is 6.23 Å². The van der Waals surface area contributed by atoms with Crippen molar-refractivity contribution in [2.45, 2.75) is 64.4 Å². The van der Waals surface area contributed by atoms with Crippen molar-refractivity contribution in [2.75, 3.05) is 6.61 Å². The summed E-state index contributed by atoms with van der Waals surface area (Å²) in [6, 6.07) is 6.34. The molecule has 4 heterocycles. The first-order chi connectivity index (χ1) is 15.2. The molecule has 2 aliphatic heterocycles. The van der Waals surface area contributed by atoms with E-state index in [2.05, 4.69) is 51.0 Å². The zero-order valence-corrected chi connectivity index (χ0v) is 19.5. The summed E-state index contributed by atoms with van der Waals surface area (Å²) >= 11 is 0. The van der Waals surface area contributed by atoms with Gasteiger partial charge in [-0.05, 0) is 70.6 Å². The van der Waals surface area contributed by atoms with Gasteiger partial charge in [0.1, 0.15) is 0 Å². The number of hydrogen-bond donors (Lipinski definition) is 0. The van der Waals surface area contributed by atoms with Crippen LogP contribution in [0.25, 0.3) is 23.1 Å². The SMILES string of the molecule is Cn1cc(/C=C/c2nn(C3CCCCO3)c3ccc(B4OC(C)(C)C(C)(C)O4)cc23)cn1. The maximum Gasteiger partial charge on any atom is 0.494 e. The second-order valence-corrected chi connectivity index (χ2v) is 9.80. The zero-order valence-electron chi connectivity index (χ0n) is 19.5. The predicted molar refractivity (Wildman–Crippen MR) is 126 cm³/mol. The summed E-state index contributed by atoms with van der Waals surface area (Å²) in [5.41, 5.74) is 3.23. The maximum atomic E-state index is 6.29. The Morgan fingerprint density at radius 1 is 1.09 bits per heavy atom. The lowest BCUT2D eigenvalue weighted by Crippen LogP contribution is -2.41. The molecule has 5 rings (SSSR count). The minimum Gasteiger partial charge on any atom is -0.399 e. The molecule has 0 aliphatic carbocycles. The van der Waals surface area contributed by atoms with E-state index < -0.39 is 7.12 Å². The van der Waals surface area contributed by atoms with E-state index in [9.17, 15) is 0 Å². The molecule has 0 saturated carbocycles. The Morgan fingerprint density at radius 3 is 2.53 bits per heavy atom. The van der Waals surface area contributed by atoms with Crippen LogP contribution in [0, 0.1) is 0 Å². The lowest BCUT2D eigenvalue weighted by molar-refractivity contribution is -0.0367. The predicted octanol–water partition coefficient (Wildman–Crippen LogP) is 3.94. The molecule has 0 N–H and O–H groups in total. The smallest absolute Gasteiger partial charge is 0.399 e. The van der Waals surface area contributed by atoms with E-state index in [-0.39, 0.29) is 17.4 Å². The summed E-state index contributed by atoms with van der Waals surface area (Å²) in [4.78, 5) is 0. The van der Waals surface area contributed by atoms with Gasteiger partial charge >= 0.3 is 7.12 Å². The Bertz CT molecular complexity index is 1140. The fourth-order valence-corrected chi connectivity index (χ4v) is 4.27. The minimum atomic E-state index is -0.408. The largest absolute Gasteiger partial charge is 0.494 e. The Kier molecular flexibility index (Phi) is 5.27. The lowest BCUT2D eigenvalue weighted by Gasteiger charge is -2.32. The van der Waals surface area contributed by atoms with Crippen molar-refractivity contribution in [1.82, 2.24) is 19.6 Å². The van der Waals surface area contributed by atoms with Crippen LogP contribution in [0.5, 0.6) is 0 Å². The highest BCUT2D eigenvalue weighted by Gasteiger charge is 2.51. The average Bonchev–Trinajstić information content (AvgIpc) is 3.40. The van der Waals surface area contributed by atoms with E-state index in [0.29, 0.717) is 0 Å². The normalized spacial score (nSPS) is 22.9. The van der Waals surface area contributed by atoms with Crippen LogP contribution in [0.3, 0.4) is 0 Å². The Morgan fingerprint density at radius 2 is 1.88 bits per heavy atom. The van der Waals surface area contributed by atoms with E-state index in [4.69, 9.17) is 19.1 Å². The van der Waals surface area contributed by atoms with E-state index in [1.165, 1.54) is 0 Å². The minimum absolute atomic E-state index is 0.0329. The van der Waals surface area contributed by atoms with Gasteiger partial charge in [-0.1, -0.05) is 12.1 Å². The van der Waals surface area contributed by atoms with Crippen molar-refractivity contribution in [3.8, 4) is 0 Å². The van der Waals surface area contributed by atoms with Gasteiger partial charge in [0.2, 0.25) is 0 Å². The monoisotopic (exact) mass is 434 g/mol. The van der Waals surface area contributed by atoms with Crippen LogP contribution in [0.1, 0.15) is 64.4 Å². The molecule has 3 aromatic rings. The highest BCUT2D eigenvalue weighted by molar-refractivity contribution is 6.62. The molecule has 0 amide bonds. The summed E-state index contributed by atoms with van der Waals surface area (Å²) in [5, 5.41) is 10.3. The number of benzene rings is 1. The topological polar surface area (TPSA) is 63.3 Å². The maximum absolute atomic E-state index is 6.29. The molecule has 2 aliphatic rings. The number of rotatable bonds is 4. The molecule has 1 aromatic carbocycles. The number of aromatic nitrogens is 4. The average molecular weight is 434 g/mol. The van der Waals surface area contributed by atoms with Gasteiger partial charge in [-0.25, -0.2) is 4.68 Å². The molecule has 2 aromatic heterocycles. The van der Waals surface area contributed by atoms with Crippen molar-refractivity contribution < 1.29 is 14.0 Å². The summed E-state index contributed by atoms with van der Waals surface area (Å²) in [5.74, 6) is 0. The molecule has 32 heavy (non-hydrogen) atoms. The van der Waals surface area contributed by atoms with Crippen molar-refractivity contribution >= 4 is 35.6 Å². The number of aryl methyl sites for hydroxylation is 1. The van der Waals surface area contributed by atoms with Crippen molar-refractivity contribution in [1.29, 1.82) is 0 Å². The standard InChI is InChI=1S/C24H31BN4O3/c1-23(2)24(3,4)32-25(31-23)18-10-12-21-19(14-18)20(11-9-17-15-26-28(5)16-17)27-29(21)22-8-6-7-13-30-22/h9-12,14-16,22H,6-8,13H2,1-5H3/b11-9+. The van der Waals surface area contributed by atoms with Gasteiger partial charge in [-0.3, -0.25) is 4.68 Å². The number of hydrogen-bond acceptors (Lipinski definition) is 5. The molecule has 0 radical (unpaired) electrons. The van der Waals surface area contributed by atoms with Crippen molar-refractivity contribution in [3.05, 3.63) is 41.9 Å². The Labute approximate surface area is 189 Å². The molecular weight excluding hydrogens is 403 g/mol. The molecule has 0 spiro atoms. The molecule has 0 bridgehead atoms. The second-order valence-electron chi connectivity index (χ2n) is 9.80. The van der Waals surface area contributed by atoms with Gasteiger partial charge in [-0.15, -0.1) is 0 Å². The van der Waals surface area contributed by atoms with E-state index >= 15 is 0 Å². The van der Waals surface area contributed by atoms with Crippen LogP contribution in [-0.4, -0.2) is 44.5 Å². The van der Waals surface area contributed by atoms with E-state index in [1.807, 2.05) is 36.3 Å². The van der Waals surface area contributed by atoms with Gasteiger partial charge in [0.25, 0.3) is 0 Å². The third-order valence-electron chi connectivity index (χ3n) is 6.87. The van der Waals surface area contributed by atoms with E-state index in [0.717, 1.165) is 53.5 Å². The third-order valence-corrected chi connectivity index (χ3v) is 6.87. The van der Waals surface area contributed by atoms with Crippen molar-refractivity contribution in [2.24, 2.45) is 7.05 Å². The van der Waals surface area contributed by atoms with Crippen LogP contribution in [0.15, 0.2) is 30.6 Å². The molecule has 2 saturated heterocycles. The summed E-state index contributed by atoms with van der Waals surface area (Å²) in [7, 11) is 1.51. The summed E-state index contributed by atoms with van der Waals surface area (Å²) in [6.07, 6.45) is 11.1. The van der Waals surface area contributed by atoms with Gasteiger partial charge in [0.05, 0.1) is 28.6 Å². The van der Waals surface area contributed by atoms with Crippen LogP contribution >= 0.6 is 0 Å². The molecular formula is C24H31BN4O3. The fraction of sp³-hybridized carbons (Fsp3) is 0.500. The van der Waals surface area contributed by atoms with Gasteiger partial charge in [-0.2, -0.15) is 10.2 Å². The van der Waals surface area contributed by atoms with Crippen molar-refractivity contribution in [3.63, 3.8) is 0 Å². The van der Waals surface area contributed by atoms with Crippen LogP contribution in [0.4, 0.5) is 0 Å². The summed E-state index contributed by atoms with van der Waals surface area (Å²) < 4.78 is 22.5. The highest BCUT2D eigenvalue weighted by atomic mass is 16.7. The highest BCUT2D eigenvalue weighted by Crippen LogP contribution is 2.37. The summed E-state index contributed by atoms with van der Waals surface area (Å²) in [6.45, 7) is 9.08. The first-order valence-corrected chi connectivity index (χ1v) is 11.4. The number of nitrogens with zero attached hydrogens (tertiary/aromatic N) is 4. The van der Waals surface area contributed by atoms with Crippen LogP contribution in [0.2, 0.25) is 0 Å². The quantitative estimate of drug-likeness (QED) is 0.583. The van der Waals surface area contributed by atoms with Crippen LogP contribution < -0.4 is 5.46 Å². The molecule has 8 heteroatoms. The van der Waals surface area contributed by atoms with Gasteiger partial charge < -0.3 is 14.0 Å². The lowest BCUT2D eigenvalue weighted by atomic mass is 9.78. The van der Waals surface area contributed by atoms with Gasteiger partial charge in [0, 0.05) is 30.8 Å². The fourth-order valence-electron chi connectivity index (χ4n) is 4.27. The first-order valence-electron chi connectivity index (χ1n) is 11.4. The molecule has 1 unspecified atom stereocenters. The Balaban J connectivity index is 1.56. The zero-order chi connectivity index (χ0) is 22.5. The molecule has 168 valence electrons. The second kappa shape index (κ2) is 7.87.